The van der Waals surface area contributed by atoms with Crippen molar-refractivity contribution in [1.82, 2.24) is 15.1 Å². The van der Waals surface area contributed by atoms with Gasteiger partial charge in [-0.1, -0.05) is 12.2 Å². The third kappa shape index (κ3) is 5.44. The zero-order chi connectivity index (χ0) is 14.3. The Morgan fingerprint density at radius 1 is 1.53 bits per heavy atom. The van der Waals surface area contributed by atoms with Crippen LogP contribution < -0.4 is 16.4 Å². The Morgan fingerprint density at radius 2 is 2.26 bits per heavy atom. The minimum absolute atomic E-state index is 0.0192. The van der Waals surface area contributed by atoms with Crippen LogP contribution in [0.15, 0.2) is 12.4 Å². The lowest BCUT2D eigenvalue weighted by molar-refractivity contribution is -0.135. The van der Waals surface area contributed by atoms with E-state index < -0.39 is 11.8 Å². The molecule has 19 heavy (non-hydrogen) atoms. The fourth-order valence-corrected chi connectivity index (χ4v) is 1.24. The van der Waals surface area contributed by atoms with Gasteiger partial charge in [0.05, 0.1) is 36.6 Å². The van der Waals surface area contributed by atoms with Crippen molar-refractivity contribution in [2.24, 2.45) is 5.73 Å². The number of nitrogens with two attached hydrogens (primary N) is 1. The van der Waals surface area contributed by atoms with Crippen molar-refractivity contribution in [1.29, 1.82) is 0 Å². The molecule has 0 atom stereocenters. The molecule has 0 radical (unpaired) electrons. The number of carbonyl (C=O) groups excluding carboxylic acids is 2. The molecule has 9 heteroatoms. The van der Waals surface area contributed by atoms with Gasteiger partial charge in [0.15, 0.2) is 0 Å². The molecule has 1 aromatic heterocycles. The van der Waals surface area contributed by atoms with Crippen LogP contribution in [0.4, 0.5) is 5.69 Å². The summed E-state index contributed by atoms with van der Waals surface area (Å²) in [4.78, 5) is 22.9. The van der Waals surface area contributed by atoms with Crippen LogP contribution >= 0.6 is 12.2 Å². The minimum atomic E-state index is -0.808. The highest BCUT2D eigenvalue weighted by Gasteiger charge is 2.14. The SMILES string of the molecule is COCCn1cc(NC(=O)C(=O)NCC(N)=S)cn1. The Bertz CT molecular complexity index is 473. The minimum Gasteiger partial charge on any atom is -0.392 e. The molecule has 0 spiro atoms. The summed E-state index contributed by atoms with van der Waals surface area (Å²) in [5.74, 6) is -1.61. The molecule has 0 saturated heterocycles. The fraction of sp³-hybridized carbons (Fsp3) is 0.400. The Labute approximate surface area is 115 Å². The number of amides is 2. The van der Waals surface area contributed by atoms with Crippen molar-refractivity contribution in [3.05, 3.63) is 12.4 Å². The highest BCUT2D eigenvalue weighted by Crippen LogP contribution is 2.04. The van der Waals surface area contributed by atoms with E-state index in [0.29, 0.717) is 18.8 Å². The summed E-state index contributed by atoms with van der Waals surface area (Å²) in [6.07, 6.45) is 3.03. The van der Waals surface area contributed by atoms with E-state index in [2.05, 4.69) is 28.0 Å². The van der Waals surface area contributed by atoms with Gasteiger partial charge in [0.2, 0.25) is 0 Å². The number of ether oxygens (including phenoxy) is 1. The van der Waals surface area contributed by atoms with Crippen molar-refractivity contribution in [3.8, 4) is 0 Å². The quantitative estimate of drug-likeness (QED) is 0.450. The van der Waals surface area contributed by atoms with Crippen LogP contribution in [-0.2, 0) is 20.9 Å². The number of anilines is 1. The molecule has 0 aliphatic rings. The maximum absolute atomic E-state index is 11.5. The van der Waals surface area contributed by atoms with Gasteiger partial charge in [0, 0.05) is 13.3 Å². The van der Waals surface area contributed by atoms with Crippen LogP contribution in [0.1, 0.15) is 0 Å². The van der Waals surface area contributed by atoms with Crippen LogP contribution in [0.3, 0.4) is 0 Å². The first-order valence-electron chi connectivity index (χ1n) is 5.42. The predicted molar refractivity (Wildman–Crippen MR) is 72.5 cm³/mol. The van der Waals surface area contributed by atoms with Crippen molar-refractivity contribution >= 4 is 34.7 Å². The van der Waals surface area contributed by atoms with Crippen LogP contribution in [-0.4, -0.2) is 46.8 Å². The van der Waals surface area contributed by atoms with E-state index in [1.54, 1.807) is 18.0 Å². The third-order valence-corrected chi connectivity index (χ3v) is 2.19. The molecular weight excluding hydrogens is 270 g/mol. The normalized spacial score (nSPS) is 9.95. The van der Waals surface area contributed by atoms with Gasteiger partial charge in [-0.15, -0.1) is 0 Å². The first-order chi connectivity index (χ1) is 9.02. The summed E-state index contributed by atoms with van der Waals surface area (Å²) < 4.78 is 6.48. The van der Waals surface area contributed by atoms with Gasteiger partial charge in [-0.25, -0.2) is 0 Å². The van der Waals surface area contributed by atoms with Crippen molar-refractivity contribution < 1.29 is 14.3 Å². The number of methoxy groups -OCH3 is 1. The lowest BCUT2D eigenvalue weighted by Gasteiger charge is -2.03. The second-order valence-electron chi connectivity index (χ2n) is 3.59. The monoisotopic (exact) mass is 285 g/mol. The summed E-state index contributed by atoms with van der Waals surface area (Å²) >= 11 is 4.58. The Hall–Kier alpha value is -2.00. The van der Waals surface area contributed by atoms with Crippen LogP contribution in [0.5, 0.6) is 0 Å². The first kappa shape index (κ1) is 15.1. The fourth-order valence-electron chi connectivity index (χ4n) is 1.17. The van der Waals surface area contributed by atoms with Gasteiger partial charge in [-0.05, 0) is 0 Å². The third-order valence-electron chi connectivity index (χ3n) is 2.05. The average Bonchev–Trinajstić information content (AvgIpc) is 2.80. The molecular formula is C10H15N5O3S. The number of aromatic nitrogens is 2. The maximum atomic E-state index is 11.5. The Morgan fingerprint density at radius 3 is 2.89 bits per heavy atom. The highest BCUT2D eigenvalue weighted by atomic mass is 32.1. The van der Waals surface area contributed by atoms with Crippen molar-refractivity contribution in [2.75, 3.05) is 25.6 Å². The molecule has 0 bridgehead atoms. The topological polar surface area (TPSA) is 111 Å². The zero-order valence-electron chi connectivity index (χ0n) is 10.4. The molecule has 0 aliphatic heterocycles. The molecule has 4 N–H and O–H groups in total. The molecule has 0 unspecified atom stereocenters. The Balaban J connectivity index is 2.45. The molecule has 1 heterocycles. The lowest BCUT2D eigenvalue weighted by atomic mass is 10.4. The summed E-state index contributed by atoms with van der Waals surface area (Å²) in [7, 11) is 1.58. The molecule has 0 saturated carbocycles. The molecule has 0 aliphatic carbocycles. The van der Waals surface area contributed by atoms with E-state index in [9.17, 15) is 9.59 Å². The van der Waals surface area contributed by atoms with E-state index >= 15 is 0 Å². The van der Waals surface area contributed by atoms with Gasteiger partial charge in [-0.2, -0.15) is 5.10 Å². The number of hydrogen-bond acceptors (Lipinski definition) is 5. The molecule has 0 fully saturated rings. The van der Waals surface area contributed by atoms with E-state index in [1.807, 2.05) is 0 Å². The molecule has 1 rings (SSSR count). The second-order valence-corrected chi connectivity index (χ2v) is 4.11. The maximum Gasteiger partial charge on any atom is 0.313 e. The summed E-state index contributed by atoms with van der Waals surface area (Å²) in [6.45, 7) is 1.04. The summed E-state index contributed by atoms with van der Waals surface area (Å²) in [6, 6.07) is 0. The zero-order valence-corrected chi connectivity index (χ0v) is 11.2. The van der Waals surface area contributed by atoms with Gasteiger partial charge >= 0.3 is 11.8 Å². The van der Waals surface area contributed by atoms with Crippen LogP contribution in [0, 0.1) is 0 Å². The van der Waals surface area contributed by atoms with Crippen molar-refractivity contribution in [3.63, 3.8) is 0 Å². The largest absolute Gasteiger partial charge is 0.392 e. The number of thiocarbonyl (C=S) groups is 1. The Kier molecular flexibility index (Phi) is 5.90. The number of nitrogens with one attached hydrogen (secondary N) is 2. The second kappa shape index (κ2) is 7.44. The van der Waals surface area contributed by atoms with Gasteiger partial charge < -0.3 is 21.1 Å². The standard InChI is InChI=1S/C10H15N5O3S/c1-18-3-2-15-6-7(4-13-15)14-10(17)9(16)12-5-8(11)19/h4,6H,2-3,5H2,1H3,(H2,11,19)(H,12,16)(H,14,17). The van der Waals surface area contributed by atoms with Gasteiger partial charge in [0.1, 0.15) is 0 Å². The van der Waals surface area contributed by atoms with Gasteiger partial charge in [-0.3, -0.25) is 14.3 Å². The van der Waals surface area contributed by atoms with Crippen LogP contribution in [0.2, 0.25) is 0 Å². The van der Waals surface area contributed by atoms with E-state index in [4.69, 9.17) is 10.5 Å². The van der Waals surface area contributed by atoms with Crippen LogP contribution in [0.25, 0.3) is 0 Å². The number of hydrogen-bond donors (Lipinski definition) is 3. The summed E-state index contributed by atoms with van der Waals surface area (Å²) in [5, 5.41) is 8.67. The van der Waals surface area contributed by atoms with E-state index in [0.717, 1.165) is 0 Å². The highest BCUT2D eigenvalue weighted by molar-refractivity contribution is 7.80. The molecule has 104 valence electrons. The lowest BCUT2D eigenvalue weighted by Crippen LogP contribution is -2.39. The average molecular weight is 285 g/mol. The first-order valence-corrected chi connectivity index (χ1v) is 5.82. The molecule has 8 nitrogen and oxygen atoms in total. The molecule has 1 aromatic rings. The number of nitrogens with zero attached hydrogens (tertiary/aromatic N) is 2. The number of rotatable bonds is 6. The summed E-state index contributed by atoms with van der Waals surface area (Å²) in [5.41, 5.74) is 5.63. The molecule has 0 aromatic carbocycles. The predicted octanol–water partition coefficient (Wildman–Crippen LogP) is -1.13. The molecule has 2 amide bonds. The number of carbonyl (C=O) groups is 2. The van der Waals surface area contributed by atoms with E-state index in [1.165, 1.54) is 6.20 Å². The van der Waals surface area contributed by atoms with Crippen molar-refractivity contribution in [2.45, 2.75) is 6.54 Å². The van der Waals surface area contributed by atoms with Gasteiger partial charge in [0.25, 0.3) is 0 Å². The van der Waals surface area contributed by atoms with E-state index in [-0.39, 0.29) is 11.5 Å². The smallest absolute Gasteiger partial charge is 0.313 e.